The van der Waals surface area contributed by atoms with Crippen molar-refractivity contribution < 1.29 is 0 Å². The van der Waals surface area contributed by atoms with Crippen LogP contribution in [0.15, 0.2) is 47.3 Å². The number of rotatable bonds is 6. The van der Waals surface area contributed by atoms with Crippen molar-refractivity contribution in [2.45, 2.75) is 40.0 Å². The SMILES string of the molecule is CCc1cccc(CC)c1NC(=S)NCCc1cc2ccc(C)cc2[nH]c1=O. The lowest BCUT2D eigenvalue weighted by molar-refractivity contribution is 0.863. The number of fused-ring (bicyclic) bond motifs is 1. The third-order valence-electron chi connectivity index (χ3n) is 5.00. The summed E-state index contributed by atoms with van der Waals surface area (Å²) in [6.45, 7) is 6.90. The highest BCUT2D eigenvalue weighted by Crippen LogP contribution is 2.22. The van der Waals surface area contributed by atoms with E-state index in [1.807, 2.05) is 25.1 Å². The van der Waals surface area contributed by atoms with E-state index in [9.17, 15) is 4.79 Å². The van der Waals surface area contributed by atoms with E-state index in [0.717, 1.165) is 40.6 Å². The minimum atomic E-state index is -0.0385. The minimum Gasteiger partial charge on any atom is -0.362 e. The molecule has 1 heterocycles. The van der Waals surface area contributed by atoms with Crippen LogP contribution in [0.4, 0.5) is 5.69 Å². The first-order chi connectivity index (χ1) is 13.5. The van der Waals surface area contributed by atoms with Crippen LogP contribution >= 0.6 is 12.2 Å². The fourth-order valence-corrected chi connectivity index (χ4v) is 3.62. The minimum absolute atomic E-state index is 0.0385. The molecular formula is C23H27N3OS. The Morgan fingerprint density at radius 1 is 1.04 bits per heavy atom. The molecule has 3 N–H and O–H groups in total. The number of aromatic amines is 1. The molecule has 4 nitrogen and oxygen atoms in total. The number of hydrogen-bond donors (Lipinski definition) is 3. The summed E-state index contributed by atoms with van der Waals surface area (Å²) < 4.78 is 0. The molecule has 0 saturated carbocycles. The van der Waals surface area contributed by atoms with Crippen LogP contribution in [0.5, 0.6) is 0 Å². The van der Waals surface area contributed by atoms with E-state index in [4.69, 9.17) is 12.2 Å². The van der Waals surface area contributed by atoms with Crippen LogP contribution in [-0.4, -0.2) is 16.6 Å². The lowest BCUT2D eigenvalue weighted by Crippen LogP contribution is -2.32. The monoisotopic (exact) mass is 393 g/mol. The molecule has 1 aromatic heterocycles. The van der Waals surface area contributed by atoms with Crippen molar-refractivity contribution in [1.82, 2.24) is 10.3 Å². The van der Waals surface area contributed by atoms with Crippen molar-refractivity contribution >= 4 is 33.9 Å². The molecule has 0 fully saturated rings. The average molecular weight is 394 g/mol. The van der Waals surface area contributed by atoms with Crippen molar-refractivity contribution in [2.75, 3.05) is 11.9 Å². The van der Waals surface area contributed by atoms with E-state index >= 15 is 0 Å². The third kappa shape index (κ3) is 4.60. The summed E-state index contributed by atoms with van der Waals surface area (Å²) in [4.78, 5) is 15.3. The first-order valence-electron chi connectivity index (χ1n) is 9.80. The highest BCUT2D eigenvalue weighted by atomic mass is 32.1. The fraction of sp³-hybridized carbons (Fsp3) is 0.304. The van der Waals surface area contributed by atoms with Crippen LogP contribution in [0.1, 0.15) is 36.1 Å². The van der Waals surface area contributed by atoms with Gasteiger partial charge >= 0.3 is 0 Å². The summed E-state index contributed by atoms with van der Waals surface area (Å²) >= 11 is 5.48. The zero-order valence-corrected chi connectivity index (χ0v) is 17.5. The molecule has 0 unspecified atom stereocenters. The van der Waals surface area contributed by atoms with Crippen LogP contribution in [0.3, 0.4) is 0 Å². The average Bonchev–Trinajstić information content (AvgIpc) is 2.68. The predicted molar refractivity (Wildman–Crippen MR) is 122 cm³/mol. The number of hydrogen-bond acceptors (Lipinski definition) is 2. The van der Waals surface area contributed by atoms with Gasteiger partial charge < -0.3 is 15.6 Å². The van der Waals surface area contributed by atoms with Crippen molar-refractivity contribution in [1.29, 1.82) is 0 Å². The largest absolute Gasteiger partial charge is 0.362 e. The molecule has 0 amide bonds. The van der Waals surface area contributed by atoms with E-state index in [2.05, 4.69) is 53.7 Å². The van der Waals surface area contributed by atoms with Gasteiger partial charge in [0.15, 0.2) is 5.11 Å². The standard InChI is InChI=1S/C23H27N3OS/c1-4-16-7-6-8-17(5-2)21(16)26-23(28)24-12-11-19-14-18-10-9-15(3)13-20(18)25-22(19)27/h6-10,13-14H,4-5,11-12H2,1-3H3,(H,25,27)(H2,24,26,28). The predicted octanol–water partition coefficient (Wildman–Crippen LogP) is 4.49. The molecule has 5 heteroatoms. The van der Waals surface area contributed by atoms with E-state index < -0.39 is 0 Å². The number of aromatic nitrogens is 1. The molecule has 146 valence electrons. The molecule has 2 aromatic carbocycles. The molecule has 3 rings (SSSR count). The van der Waals surface area contributed by atoms with E-state index in [1.54, 1.807) is 0 Å². The fourth-order valence-electron chi connectivity index (χ4n) is 3.42. The molecule has 0 aliphatic carbocycles. The Hall–Kier alpha value is -2.66. The molecule has 3 aromatic rings. The molecule has 0 aliphatic rings. The first-order valence-corrected chi connectivity index (χ1v) is 10.2. The number of H-pyrrole nitrogens is 1. The van der Waals surface area contributed by atoms with Gasteiger partial charge in [-0.3, -0.25) is 4.79 Å². The van der Waals surface area contributed by atoms with Gasteiger partial charge in [-0.2, -0.15) is 0 Å². The zero-order chi connectivity index (χ0) is 20.1. The third-order valence-corrected chi connectivity index (χ3v) is 5.24. The lowest BCUT2D eigenvalue weighted by atomic mass is 10.0. The molecule has 0 atom stereocenters. The van der Waals surface area contributed by atoms with Crippen LogP contribution in [0.2, 0.25) is 0 Å². The number of para-hydroxylation sites is 1. The van der Waals surface area contributed by atoms with Crippen molar-refractivity contribution in [3.8, 4) is 0 Å². The van der Waals surface area contributed by atoms with E-state index in [-0.39, 0.29) is 5.56 Å². The van der Waals surface area contributed by atoms with Crippen LogP contribution in [0.25, 0.3) is 10.9 Å². The van der Waals surface area contributed by atoms with Gasteiger partial charge in [-0.1, -0.05) is 44.2 Å². The van der Waals surface area contributed by atoms with Gasteiger partial charge in [0.2, 0.25) is 0 Å². The van der Waals surface area contributed by atoms with Gasteiger partial charge in [0.1, 0.15) is 0 Å². The quantitative estimate of drug-likeness (QED) is 0.540. The smallest absolute Gasteiger partial charge is 0.251 e. The first kappa shape index (κ1) is 20.1. The summed E-state index contributed by atoms with van der Waals surface area (Å²) in [5.74, 6) is 0. The maximum absolute atomic E-state index is 12.3. The lowest BCUT2D eigenvalue weighted by Gasteiger charge is -2.17. The zero-order valence-electron chi connectivity index (χ0n) is 16.7. The second-order valence-corrected chi connectivity index (χ2v) is 7.41. The van der Waals surface area contributed by atoms with Crippen molar-refractivity contribution in [2.24, 2.45) is 0 Å². The second-order valence-electron chi connectivity index (χ2n) is 7.00. The maximum Gasteiger partial charge on any atom is 0.251 e. The molecule has 0 spiro atoms. The van der Waals surface area contributed by atoms with Gasteiger partial charge in [0.25, 0.3) is 5.56 Å². The van der Waals surface area contributed by atoms with Crippen LogP contribution in [-0.2, 0) is 19.3 Å². The summed E-state index contributed by atoms with van der Waals surface area (Å²) in [5.41, 5.74) is 6.34. The summed E-state index contributed by atoms with van der Waals surface area (Å²) in [5, 5.41) is 8.22. The van der Waals surface area contributed by atoms with E-state index in [1.165, 1.54) is 11.1 Å². The number of anilines is 1. The Bertz CT molecular complexity index is 1030. The topological polar surface area (TPSA) is 56.9 Å². The molecule has 0 radical (unpaired) electrons. The number of nitrogens with one attached hydrogen (secondary N) is 3. The van der Waals surface area contributed by atoms with Crippen molar-refractivity contribution in [3.63, 3.8) is 0 Å². The van der Waals surface area contributed by atoms with Gasteiger partial charge in [0.05, 0.1) is 0 Å². The summed E-state index contributed by atoms with van der Waals surface area (Å²) in [6, 6.07) is 14.4. The Morgan fingerprint density at radius 2 is 1.75 bits per heavy atom. The Balaban J connectivity index is 1.65. The number of thiocarbonyl (C=S) groups is 1. The molecule has 0 bridgehead atoms. The van der Waals surface area contributed by atoms with Gasteiger partial charge in [-0.25, -0.2) is 0 Å². The Kier molecular flexibility index (Phi) is 6.47. The van der Waals surface area contributed by atoms with Crippen LogP contribution < -0.4 is 16.2 Å². The second kappa shape index (κ2) is 9.02. The number of aryl methyl sites for hydroxylation is 3. The number of pyridine rings is 1. The highest BCUT2D eigenvalue weighted by Gasteiger charge is 2.08. The molecule has 0 saturated heterocycles. The summed E-state index contributed by atoms with van der Waals surface area (Å²) in [7, 11) is 0. The molecular weight excluding hydrogens is 366 g/mol. The molecule has 0 aliphatic heterocycles. The van der Waals surface area contributed by atoms with Gasteiger partial charge in [0, 0.05) is 23.3 Å². The van der Waals surface area contributed by atoms with Crippen LogP contribution in [0, 0.1) is 6.92 Å². The number of benzene rings is 2. The molecule has 28 heavy (non-hydrogen) atoms. The van der Waals surface area contributed by atoms with Crippen molar-refractivity contribution in [3.05, 3.63) is 75.1 Å². The Labute approximate surface area is 171 Å². The van der Waals surface area contributed by atoms with Gasteiger partial charge in [-0.05, 0) is 72.6 Å². The summed E-state index contributed by atoms with van der Waals surface area (Å²) in [6.07, 6.45) is 2.51. The highest BCUT2D eigenvalue weighted by molar-refractivity contribution is 7.80. The van der Waals surface area contributed by atoms with E-state index in [0.29, 0.717) is 18.1 Å². The maximum atomic E-state index is 12.3. The van der Waals surface area contributed by atoms with Gasteiger partial charge in [-0.15, -0.1) is 0 Å². The normalized spacial score (nSPS) is 10.8. The Morgan fingerprint density at radius 3 is 2.43 bits per heavy atom.